The summed E-state index contributed by atoms with van der Waals surface area (Å²) in [6.07, 6.45) is 9.44. The van der Waals surface area contributed by atoms with E-state index in [0.29, 0.717) is 25.0 Å². The Morgan fingerprint density at radius 1 is 1.08 bits per heavy atom. The van der Waals surface area contributed by atoms with Crippen molar-refractivity contribution >= 4 is 5.91 Å². The molecule has 0 bridgehead atoms. The minimum atomic E-state index is 0.157. The molecule has 0 unspecified atom stereocenters. The fourth-order valence-corrected chi connectivity index (χ4v) is 4.40. The third-order valence-corrected chi connectivity index (χ3v) is 5.80. The van der Waals surface area contributed by atoms with Crippen LogP contribution in [0, 0.1) is 5.92 Å². The van der Waals surface area contributed by atoms with Crippen LogP contribution in [0.25, 0.3) is 0 Å². The number of carbonyl (C=O) groups is 1. The molecule has 144 valence electrons. The van der Waals surface area contributed by atoms with Crippen molar-refractivity contribution in [1.29, 1.82) is 0 Å². The molecular formula is C22H34N2O2. The predicted octanol–water partition coefficient (Wildman–Crippen LogP) is 3.79. The lowest BCUT2D eigenvalue weighted by atomic mass is 9.83. The number of ether oxygens (including phenoxy) is 1. The van der Waals surface area contributed by atoms with E-state index in [0.717, 1.165) is 24.3 Å². The number of piperidine rings is 1. The molecule has 26 heavy (non-hydrogen) atoms. The maximum Gasteiger partial charge on any atom is 0.224 e. The number of benzene rings is 1. The Labute approximate surface area is 158 Å². The van der Waals surface area contributed by atoms with Crippen molar-refractivity contribution in [1.82, 2.24) is 10.2 Å². The summed E-state index contributed by atoms with van der Waals surface area (Å²) in [6, 6.07) is 8.24. The van der Waals surface area contributed by atoms with Gasteiger partial charge in [-0.05, 0) is 69.3 Å². The summed E-state index contributed by atoms with van der Waals surface area (Å²) < 4.78 is 5.47. The predicted molar refractivity (Wildman–Crippen MR) is 105 cm³/mol. The van der Waals surface area contributed by atoms with Crippen molar-refractivity contribution < 1.29 is 9.53 Å². The Bertz CT molecular complexity index is 552. The van der Waals surface area contributed by atoms with Crippen molar-refractivity contribution in [2.24, 2.45) is 5.92 Å². The Kier molecular flexibility index (Phi) is 7.36. The lowest BCUT2D eigenvalue weighted by Gasteiger charge is -2.37. The molecule has 2 fully saturated rings. The molecule has 1 N–H and O–H groups in total. The van der Waals surface area contributed by atoms with Crippen molar-refractivity contribution in [3.63, 3.8) is 0 Å². The van der Waals surface area contributed by atoms with Gasteiger partial charge in [0.1, 0.15) is 5.75 Å². The van der Waals surface area contributed by atoms with Gasteiger partial charge in [-0.1, -0.05) is 31.4 Å². The molecular weight excluding hydrogens is 324 g/mol. The van der Waals surface area contributed by atoms with Crippen molar-refractivity contribution in [3.8, 4) is 5.75 Å². The third kappa shape index (κ3) is 5.73. The first-order chi connectivity index (χ1) is 12.7. The van der Waals surface area contributed by atoms with Crippen LogP contribution in [0.2, 0.25) is 0 Å². The lowest BCUT2D eigenvalue weighted by Crippen LogP contribution is -2.47. The largest absolute Gasteiger partial charge is 0.494 e. The molecule has 1 aliphatic heterocycles. The summed E-state index contributed by atoms with van der Waals surface area (Å²) in [5, 5.41) is 3.35. The maximum atomic E-state index is 12.6. The summed E-state index contributed by atoms with van der Waals surface area (Å²) in [4.78, 5) is 15.2. The normalized spacial score (nSPS) is 24.2. The molecule has 2 atom stereocenters. The molecule has 1 aromatic carbocycles. The van der Waals surface area contributed by atoms with Gasteiger partial charge in [-0.3, -0.25) is 4.79 Å². The fraction of sp³-hybridized carbons (Fsp3) is 0.682. The second-order valence-corrected chi connectivity index (χ2v) is 7.83. The van der Waals surface area contributed by atoms with Crippen LogP contribution in [0.1, 0.15) is 57.4 Å². The molecule has 1 heterocycles. The van der Waals surface area contributed by atoms with Crippen LogP contribution in [-0.4, -0.2) is 43.1 Å². The average Bonchev–Trinajstić information content (AvgIpc) is 2.66. The van der Waals surface area contributed by atoms with E-state index in [4.69, 9.17) is 4.74 Å². The van der Waals surface area contributed by atoms with Gasteiger partial charge < -0.3 is 15.0 Å². The summed E-state index contributed by atoms with van der Waals surface area (Å²) in [5.74, 6) is 1.64. The molecule has 1 aromatic rings. The smallest absolute Gasteiger partial charge is 0.224 e. The molecule has 1 saturated carbocycles. The zero-order valence-electron chi connectivity index (χ0n) is 16.2. The van der Waals surface area contributed by atoms with Crippen LogP contribution in [-0.2, 0) is 11.2 Å². The van der Waals surface area contributed by atoms with Crippen LogP contribution < -0.4 is 10.1 Å². The summed E-state index contributed by atoms with van der Waals surface area (Å²) >= 11 is 0. The zero-order chi connectivity index (χ0) is 18.2. The van der Waals surface area contributed by atoms with Gasteiger partial charge >= 0.3 is 0 Å². The maximum absolute atomic E-state index is 12.6. The van der Waals surface area contributed by atoms with Crippen molar-refractivity contribution in [3.05, 3.63) is 29.8 Å². The molecule has 0 radical (unpaired) electrons. The van der Waals surface area contributed by atoms with E-state index in [1.165, 1.54) is 51.6 Å². The first-order valence-corrected chi connectivity index (χ1v) is 10.5. The lowest BCUT2D eigenvalue weighted by molar-refractivity contribution is -0.121. The zero-order valence-corrected chi connectivity index (χ0v) is 16.2. The number of hydrogen-bond acceptors (Lipinski definition) is 3. The average molecular weight is 359 g/mol. The van der Waals surface area contributed by atoms with E-state index in [-0.39, 0.29) is 5.91 Å². The number of nitrogens with zero attached hydrogens (tertiary/aromatic N) is 1. The Morgan fingerprint density at radius 2 is 1.81 bits per heavy atom. The van der Waals surface area contributed by atoms with E-state index >= 15 is 0 Å². The second-order valence-electron chi connectivity index (χ2n) is 7.83. The molecule has 1 amide bonds. The topological polar surface area (TPSA) is 41.6 Å². The minimum Gasteiger partial charge on any atom is -0.494 e. The molecule has 1 aliphatic carbocycles. The van der Waals surface area contributed by atoms with Gasteiger partial charge in [-0.15, -0.1) is 0 Å². The Morgan fingerprint density at radius 3 is 2.54 bits per heavy atom. The third-order valence-electron chi connectivity index (χ3n) is 5.80. The van der Waals surface area contributed by atoms with Gasteiger partial charge in [0, 0.05) is 12.6 Å². The fourth-order valence-electron chi connectivity index (χ4n) is 4.40. The number of amides is 1. The highest BCUT2D eigenvalue weighted by Gasteiger charge is 2.28. The van der Waals surface area contributed by atoms with Crippen LogP contribution in [0.15, 0.2) is 24.3 Å². The first-order valence-electron chi connectivity index (χ1n) is 10.5. The second kappa shape index (κ2) is 9.96. The van der Waals surface area contributed by atoms with Gasteiger partial charge in [0.25, 0.3) is 0 Å². The van der Waals surface area contributed by atoms with Gasteiger partial charge in [0.2, 0.25) is 5.91 Å². The van der Waals surface area contributed by atoms with E-state index < -0.39 is 0 Å². The Balaban J connectivity index is 1.50. The van der Waals surface area contributed by atoms with E-state index in [1.807, 2.05) is 31.2 Å². The summed E-state index contributed by atoms with van der Waals surface area (Å²) in [5.41, 5.74) is 1.05. The van der Waals surface area contributed by atoms with Crippen molar-refractivity contribution in [2.75, 3.05) is 26.2 Å². The molecule has 0 spiro atoms. The van der Waals surface area contributed by atoms with Gasteiger partial charge in [0.05, 0.1) is 13.0 Å². The number of hydrogen-bond donors (Lipinski definition) is 1. The quantitative estimate of drug-likeness (QED) is 0.806. The minimum absolute atomic E-state index is 0.157. The highest BCUT2D eigenvalue weighted by molar-refractivity contribution is 5.78. The summed E-state index contributed by atoms with van der Waals surface area (Å²) in [7, 11) is 0. The number of nitrogens with one attached hydrogen (secondary N) is 1. The van der Waals surface area contributed by atoms with E-state index in [9.17, 15) is 4.79 Å². The molecule has 3 rings (SSSR count). The highest BCUT2D eigenvalue weighted by atomic mass is 16.5. The number of likely N-dealkylation sites (tertiary alicyclic amines) is 1. The standard InChI is InChI=1S/C22H34N2O2/c1-2-26-20-12-10-18(11-13-20)16-22(25)23-21-9-5-4-8-19(21)17-24-14-6-3-7-15-24/h10-13,19,21H,2-9,14-17H2,1H3,(H,23,25)/t19-,21+/m0/s1. The first kappa shape index (κ1) is 19.2. The number of carbonyl (C=O) groups excluding carboxylic acids is 1. The SMILES string of the molecule is CCOc1ccc(CC(=O)N[C@@H]2CCCC[C@H]2CN2CCCCC2)cc1. The van der Waals surface area contributed by atoms with E-state index in [1.54, 1.807) is 0 Å². The van der Waals surface area contributed by atoms with Crippen LogP contribution in [0.4, 0.5) is 0 Å². The molecule has 4 heteroatoms. The Hall–Kier alpha value is -1.55. The van der Waals surface area contributed by atoms with Crippen LogP contribution in [0.5, 0.6) is 5.75 Å². The highest BCUT2D eigenvalue weighted by Crippen LogP contribution is 2.26. The van der Waals surface area contributed by atoms with E-state index in [2.05, 4.69) is 10.2 Å². The molecule has 0 aromatic heterocycles. The monoisotopic (exact) mass is 358 g/mol. The number of rotatable bonds is 7. The van der Waals surface area contributed by atoms with Crippen LogP contribution >= 0.6 is 0 Å². The van der Waals surface area contributed by atoms with Crippen molar-refractivity contribution in [2.45, 2.75) is 64.3 Å². The molecule has 2 aliphatic rings. The van der Waals surface area contributed by atoms with Gasteiger partial charge in [-0.25, -0.2) is 0 Å². The molecule has 1 saturated heterocycles. The van der Waals surface area contributed by atoms with Gasteiger partial charge in [-0.2, -0.15) is 0 Å². The summed E-state index contributed by atoms with van der Waals surface area (Å²) in [6.45, 7) is 6.28. The van der Waals surface area contributed by atoms with Crippen LogP contribution in [0.3, 0.4) is 0 Å². The van der Waals surface area contributed by atoms with Gasteiger partial charge in [0.15, 0.2) is 0 Å². The molecule has 4 nitrogen and oxygen atoms in total.